The van der Waals surface area contributed by atoms with E-state index >= 15 is 0 Å². The van der Waals surface area contributed by atoms with Gasteiger partial charge in [0.15, 0.2) is 14.1 Å². The fourth-order valence-corrected chi connectivity index (χ4v) is 4.14. The predicted octanol–water partition coefficient (Wildman–Crippen LogP) is 4.63. The van der Waals surface area contributed by atoms with Crippen molar-refractivity contribution in [2.24, 2.45) is 0 Å². The second kappa shape index (κ2) is 8.43. The van der Waals surface area contributed by atoms with E-state index in [-0.39, 0.29) is 22.4 Å². The van der Waals surface area contributed by atoms with Crippen LogP contribution >= 0.6 is 0 Å². The molecule has 156 valence electrons. The first-order valence-corrected chi connectivity index (χ1v) is 12.7. The van der Waals surface area contributed by atoms with E-state index in [4.69, 9.17) is 9.16 Å². The van der Waals surface area contributed by atoms with Gasteiger partial charge in [0.2, 0.25) is 5.91 Å². The van der Waals surface area contributed by atoms with Crippen LogP contribution in [0, 0.1) is 12.7 Å². The van der Waals surface area contributed by atoms with Crippen molar-refractivity contribution in [3.63, 3.8) is 0 Å². The van der Waals surface area contributed by atoms with Gasteiger partial charge in [-0.3, -0.25) is 9.59 Å². The lowest BCUT2D eigenvalue weighted by atomic mass is 9.84. The summed E-state index contributed by atoms with van der Waals surface area (Å²) in [4.78, 5) is 24.5. The second-order valence-electron chi connectivity index (χ2n) is 8.94. The van der Waals surface area contributed by atoms with Crippen LogP contribution < -0.4 is 5.32 Å². The highest BCUT2D eigenvalue weighted by Gasteiger charge is 2.37. The highest BCUT2D eigenvalue weighted by atomic mass is 28.4. The third kappa shape index (κ3) is 4.88. The Labute approximate surface area is 168 Å². The van der Waals surface area contributed by atoms with Crippen molar-refractivity contribution in [3.05, 3.63) is 28.6 Å². The van der Waals surface area contributed by atoms with Crippen molar-refractivity contribution in [3.8, 4) is 0 Å². The van der Waals surface area contributed by atoms with Crippen molar-refractivity contribution in [2.45, 2.75) is 71.7 Å². The lowest BCUT2D eigenvalue weighted by Gasteiger charge is -2.36. The molecule has 1 aliphatic carbocycles. The average molecular weight is 410 g/mol. The Kier molecular flexibility index (Phi) is 6.84. The zero-order valence-corrected chi connectivity index (χ0v) is 19.0. The third-order valence-electron chi connectivity index (χ3n) is 5.83. The summed E-state index contributed by atoms with van der Waals surface area (Å²) in [6.45, 7) is 14.6. The molecular formula is C21H32FNO4Si. The maximum atomic E-state index is 14.2. The summed E-state index contributed by atoms with van der Waals surface area (Å²) < 4.78 is 26.1. The number of Topliss-reactive ketones (excluding diaryl/α,β-unsaturated/α-hetero) is 1. The van der Waals surface area contributed by atoms with Crippen molar-refractivity contribution in [2.75, 3.05) is 18.5 Å². The number of hydrogen-bond donors (Lipinski definition) is 1. The topological polar surface area (TPSA) is 64.6 Å². The first-order chi connectivity index (χ1) is 12.8. The molecule has 0 fully saturated rings. The third-order valence-corrected chi connectivity index (χ3v) is 10.4. The van der Waals surface area contributed by atoms with E-state index in [2.05, 4.69) is 39.2 Å². The molecule has 1 N–H and O–H groups in total. The van der Waals surface area contributed by atoms with Gasteiger partial charge in [0.25, 0.3) is 0 Å². The van der Waals surface area contributed by atoms with Crippen LogP contribution in [0.25, 0.3) is 0 Å². The minimum atomic E-state index is -1.86. The van der Waals surface area contributed by atoms with E-state index in [0.29, 0.717) is 42.7 Å². The lowest BCUT2D eigenvalue weighted by molar-refractivity contribution is -0.114. The summed E-state index contributed by atoms with van der Waals surface area (Å²) in [5, 5.41) is 2.69. The van der Waals surface area contributed by atoms with Gasteiger partial charge in [0, 0.05) is 12.5 Å². The number of ketones is 1. The Balaban J connectivity index is 2.10. The molecule has 0 aromatic heterocycles. The van der Waals surface area contributed by atoms with E-state index in [1.807, 2.05) is 0 Å². The van der Waals surface area contributed by atoms with E-state index < -0.39 is 20.2 Å². The maximum Gasteiger partial charge on any atom is 0.221 e. The molecule has 1 atom stereocenters. The number of halogens is 1. The van der Waals surface area contributed by atoms with Gasteiger partial charge in [-0.1, -0.05) is 20.8 Å². The molecule has 0 aliphatic heterocycles. The molecule has 0 heterocycles. The Morgan fingerprint density at radius 1 is 1.32 bits per heavy atom. The molecule has 7 heteroatoms. The number of amides is 1. The van der Waals surface area contributed by atoms with Gasteiger partial charge in [0.05, 0.1) is 18.9 Å². The molecule has 0 radical (unpaired) electrons. The van der Waals surface area contributed by atoms with Gasteiger partial charge >= 0.3 is 0 Å². The molecule has 1 aromatic rings. The van der Waals surface area contributed by atoms with E-state index in [0.717, 1.165) is 0 Å². The highest BCUT2D eigenvalue weighted by Crippen LogP contribution is 2.37. The first kappa shape index (κ1) is 22.7. The summed E-state index contributed by atoms with van der Waals surface area (Å²) in [6, 6.07) is 1.22. The van der Waals surface area contributed by atoms with Crippen molar-refractivity contribution in [1.82, 2.24) is 0 Å². The standard InChI is InChI=1S/C21H32FNO4Si/c1-13-15-8-9-18(26-10-11-27-28(6,7)21(3,4)5)20(25)19(15)17(12-16(13)22)23-14(2)24/h12,18H,8-11H2,1-7H3,(H,23,24). The smallest absolute Gasteiger partial charge is 0.221 e. The molecule has 0 spiro atoms. The van der Waals surface area contributed by atoms with Crippen LogP contribution in [0.2, 0.25) is 18.1 Å². The van der Waals surface area contributed by atoms with Gasteiger partial charge in [-0.05, 0) is 55.1 Å². The summed E-state index contributed by atoms with van der Waals surface area (Å²) in [5.74, 6) is -0.970. The molecule has 0 saturated carbocycles. The number of rotatable bonds is 6. The Bertz CT molecular complexity index is 771. The SMILES string of the molecule is CC(=O)Nc1cc(F)c(C)c2c1C(=O)C(OCCO[Si](C)(C)C(C)(C)C)CC2. The molecule has 1 unspecified atom stereocenters. The highest BCUT2D eigenvalue weighted by molar-refractivity contribution is 6.74. The van der Waals surface area contributed by atoms with Crippen LogP contribution in [0.3, 0.4) is 0 Å². The molecule has 0 saturated heterocycles. The lowest BCUT2D eigenvalue weighted by Crippen LogP contribution is -2.42. The molecule has 1 amide bonds. The number of fused-ring (bicyclic) bond motifs is 1. The molecule has 5 nitrogen and oxygen atoms in total. The second-order valence-corrected chi connectivity index (χ2v) is 13.7. The summed E-state index contributed by atoms with van der Waals surface area (Å²) in [6.07, 6.45) is 0.425. The Morgan fingerprint density at radius 2 is 1.96 bits per heavy atom. The zero-order chi connectivity index (χ0) is 21.3. The monoisotopic (exact) mass is 409 g/mol. The number of carbonyl (C=O) groups excluding carboxylic acids is 2. The van der Waals surface area contributed by atoms with Gasteiger partial charge in [-0.25, -0.2) is 4.39 Å². The predicted molar refractivity (Wildman–Crippen MR) is 111 cm³/mol. The minimum absolute atomic E-state index is 0.113. The quantitative estimate of drug-likeness (QED) is 0.550. The molecule has 28 heavy (non-hydrogen) atoms. The molecular weight excluding hydrogens is 377 g/mol. The average Bonchev–Trinajstić information content (AvgIpc) is 2.55. The number of benzene rings is 1. The van der Waals surface area contributed by atoms with Crippen LogP contribution in [-0.2, 0) is 20.4 Å². The number of nitrogens with one attached hydrogen (secondary N) is 1. The van der Waals surface area contributed by atoms with Gasteiger partial charge in [-0.15, -0.1) is 0 Å². The van der Waals surface area contributed by atoms with Crippen molar-refractivity contribution < 1.29 is 23.1 Å². The normalized spacial score (nSPS) is 17.4. The van der Waals surface area contributed by atoms with Crippen molar-refractivity contribution >= 4 is 25.7 Å². The van der Waals surface area contributed by atoms with Gasteiger partial charge in [0.1, 0.15) is 11.9 Å². The Hall–Kier alpha value is -1.57. The molecule has 2 rings (SSSR count). The van der Waals surface area contributed by atoms with Crippen LogP contribution in [0.1, 0.15) is 55.6 Å². The van der Waals surface area contributed by atoms with Gasteiger partial charge < -0.3 is 14.5 Å². The fraction of sp³-hybridized carbons (Fsp3) is 0.619. The van der Waals surface area contributed by atoms with E-state index in [1.165, 1.54) is 13.0 Å². The zero-order valence-electron chi connectivity index (χ0n) is 18.0. The van der Waals surface area contributed by atoms with Crippen LogP contribution in [0.5, 0.6) is 0 Å². The summed E-state index contributed by atoms with van der Waals surface area (Å²) in [5.41, 5.74) is 1.71. The Morgan fingerprint density at radius 3 is 2.54 bits per heavy atom. The molecule has 1 aromatic carbocycles. The number of anilines is 1. The van der Waals surface area contributed by atoms with Crippen LogP contribution in [0.15, 0.2) is 6.07 Å². The van der Waals surface area contributed by atoms with Crippen LogP contribution in [-0.4, -0.2) is 39.3 Å². The van der Waals surface area contributed by atoms with Gasteiger partial charge in [-0.2, -0.15) is 0 Å². The molecule has 1 aliphatic rings. The minimum Gasteiger partial charge on any atom is -0.414 e. The number of carbonyl (C=O) groups is 2. The van der Waals surface area contributed by atoms with Crippen molar-refractivity contribution in [1.29, 1.82) is 0 Å². The molecule has 0 bridgehead atoms. The number of ether oxygens (including phenoxy) is 1. The van der Waals surface area contributed by atoms with E-state index in [1.54, 1.807) is 6.92 Å². The number of hydrogen-bond acceptors (Lipinski definition) is 4. The first-order valence-electron chi connectivity index (χ1n) is 9.74. The summed E-state index contributed by atoms with van der Waals surface area (Å²) >= 11 is 0. The maximum absolute atomic E-state index is 14.2. The summed E-state index contributed by atoms with van der Waals surface area (Å²) in [7, 11) is -1.86. The van der Waals surface area contributed by atoms with E-state index in [9.17, 15) is 14.0 Å². The largest absolute Gasteiger partial charge is 0.414 e. The fourth-order valence-electron chi connectivity index (χ4n) is 3.11. The van der Waals surface area contributed by atoms with Crippen LogP contribution in [0.4, 0.5) is 10.1 Å².